The zero-order valence-electron chi connectivity index (χ0n) is 64.0. The molecular weight excluding hydrogens is 1190 g/mol. The minimum Gasteiger partial charge on any atom is -0.508 e. The van der Waals surface area contributed by atoms with E-state index in [1.54, 1.807) is 50.2 Å². The second-order valence-corrected chi connectivity index (χ2v) is 32.5. The highest BCUT2D eigenvalue weighted by atomic mass is 16.6. The maximum absolute atomic E-state index is 12.6. The summed E-state index contributed by atoms with van der Waals surface area (Å²) < 4.78 is 26.9. The van der Waals surface area contributed by atoms with Gasteiger partial charge in [-0.3, -0.25) is 19.2 Å². The Morgan fingerprint density at radius 3 is 1.09 bits per heavy atom. The number of carbonyl (C=O) groups excluding carboxylic acids is 5. The Bertz CT molecular complexity index is 2600. The SMILES string of the molecule is CCC(C)(C)C(=O)OC(C)(C)C.CCC(C)(C)C(=O)OC(C)(C)C12CC3CC(CC(C3)C1)C2.CCC(C)(C)C(=O)OC1(C)CCCCC1.CCC(C)(C)C(=O)OC1CCOC1=O.CCC(C)c1ccc(O)cc1.CCC(C)c1ccc(O)cc1.CCC(C)c1ccc(O)cc1. The largest absolute Gasteiger partial charge is 0.508 e. The Balaban J connectivity index is 0.000000383. The van der Waals surface area contributed by atoms with Gasteiger partial charge in [0.25, 0.3) is 0 Å². The highest BCUT2D eigenvalue weighted by Gasteiger charge is 2.59. The van der Waals surface area contributed by atoms with Gasteiger partial charge in [0, 0.05) is 11.8 Å². The molecule has 4 atom stereocenters. The molecule has 1 aliphatic heterocycles. The van der Waals surface area contributed by atoms with Crippen molar-refractivity contribution < 1.29 is 63.0 Å². The number of hydrogen-bond donors (Lipinski definition) is 3. The standard InChI is InChI=1S/C19H32O2.C13H24O2.C10H16O4.C10H20O2.3C10H14O/c1-6-17(2,3)16(20)21-18(4,5)19-10-13-7-14(11-19)9-15(8-13)12-19;1-5-12(2,3)11(14)15-13(4)9-7-6-8-10-13;1-4-10(2,3)9(12)14-7-5-6-13-8(7)11;1-7-10(5,6)8(11)12-9(2,3)4;3*1-3-8(2)9-4-6-10(11)7-5-9/h13-15H,6-12H2,1-5H3;5-10H2,1-4H3;7H,4-6H2,1-3H3;7H2,1-6H3;3*4-8,11H,3H2,1-2H3. The summed E-state index contributed by atoms with van der Waals surface area (Å²) in [5.41, 5.74) is 1.69. The first-order valence-electron chi connectivity index (χ1n) is 36.4. The molecule has 5 saturated carbocycles. The molecule has 6 fully saturated rings. The quantitative estimate of drug-likeness (QED) is 0.0806. The molecule has 3 N–H and O–H groups in total. The minimum atomic E-state index is -0.687. The lowest BCUT2D eigenvalue weighted by atomic mass is 9.46. The van der Waals surface area contributed by atoms with Crippen LogP contribution in [-0.4, -0.2) is 74.7 Å². The summed E-state index contributed by atoms with van der Waals surface area (Å²) in [7, 11) is 0. The first-order chi connectivity index (χ1) is 43.9. The molecule has 5 aliphatic carbocycles. The van der Waals surface area contributed by atoms with Gasteiger partial charge in [0.1, 0.15) is 34.1 Å². The summed E-state index contributed by atoms with van der Waals surface area (Å²) in [4.78, 5) is 58.6. The van der Waals surface area contributed by atoms with Gasteiger partial charge in [0.2, 0.25) is 6.10 Å². The van der Waals surface area contributed by atoms with Crippen molar-refractivity contribution in [1.29, 1.82) is 0 Å². The van der Waals surface area contributed by atoms with E-state index in [1.165, 1.54) is 74.5 Å². The summed E-state index contributed by atoms with van der Waals surface area (Å²) >= 11 is 0. The van der Waals surface area contributed by atoms with Crippen LogP contribution in [0.25, 0.3) is 0 Å². The molecule has 95 heavy (non-hydrogen) atoms. The van der Waals surface area contributed by atoms with Gasteiger partial charge in [-0.1, -0.05) is 112 Å². The van der Waals surface area contributed by atoms with E-state index in [0.717, 1.165) is 69.1 Å². The molecule has 3 aromatic carbocycles. The Kier molecular flexibility index (Phi) is 34.2. The van der Waals surface area contributed by atoms with Gasteiger partial charge in [-0.25, -0.2) is 4.79 Å². The molecule has 0 radical (unpaired) electrons. The summed E-state index contributed by atoms with van der Waals surface area (Å²) in [6, 6.07) is 22.3. The van der Waals surface area contributed by atoms with Crippen molar-refractivity contribution in [3.8, 4) is 17.2 Å². The van der Waals surface area contributed by atoms with Crippen molar-refractivity contribution in [2.45, 2.75) is 329 Å². The van der Waals surface area contributed by atoms with Gasteiger partial charge in [-0.2, -0.15) is 0 Å². The van der Waals surface area contributed by atoms with Crippen LogP contribution in [0.4, 0.5) is 0 Å². The van der Waals surface area contributed by atoms with E-state index in [2.05, 4.69) is 69.2 Å². The number of phenolic OH excluding ortho intramolecular Hbond substituents is 3. The van der Waals surface area contributed by atoms with Gasteiger partial charge in [0.15, 0.2) is 0 Å². The smallest absolute Gasteiger partial charge is 0.347 e. The average Bonchev–Trinajstić information content (AvgIpc) is 0.967. The van der Waals surface area contributed by atoms with Gasteiger partial charge in [-0.05, 0) is 295 Å². The number of aromatic hydroxyl groups is 3. The van der Waals surface area contributed by atoms with E-state index in [9.17, 15) is 24.0 Å². The predicted octanol–water partition coefficient (Wildman–Crippen LogP) is 21.4. The Labute approximate surface area is 577 Å². The van der Waals surface area contributed by atoms with Crippen LogP contribution >= 0.6 is 0 Å². The van der Waals surface area contributed by atoms with E-state index in [-0.39, 0.29) is 62.3 Å². The predicted molar refractivity (Wildman–Crippen MR) is 386 cm³/mol. The molecule has 540 valence electrons. The van der Waals surface area contributed by atoms with Crippen LogP contribution in [0, 0.1) is 44.8 Å². The van der Waals surface area contributed by atoms with Crippen molar-refractivity contribution in [2.75, 3.05) is 6.61 Å². The summed E-state index contributed by atoms with van der Waals surface area (Å²) in [5.74, 6) is 4.59. The summed E-state index contributed by atoms with van der Waals surface area (Å²) in [5, 5.41) is 27.0. The molecule has 0 amide bonds. The lowest BCUT2D eigenvalue weighted by Crippen LogP contribution is -2.58. The second kappa shape index (κ2) is 38.0. The highest BCUT2D eigenvalue weighted by molar-refractivity contribution is 5.83. The fraction of sp³-hybridized carbons (Fsp3) is 0.720. The van der Waals surface area contributed by atoms with E-state index in [4.69, 9.17) is 39.0 Å². The number of phenols is 3. The van der Waals surface area contributed by atoms with E-state index < -0.39 is 17.5 Å². The third-order valence-electron chi connectivity index (χ3n) is 21.4. The summed E-state index contributed by atoms with van der Waals surface area (Å²) in [6.45, 7) is 48.8. The van der Waals surface area contributed by atoms with Crippen LogP contribution in [-0.2, 0) is 47.7 Å². The molecule has 4 unspecified atom stereocenters. The first kappa shape index (κ1) is 85.5. The third-order valence-corrected chi connectivity index (χ3v) is 21.4. The summed E-state index contributed by atoms with van der Waals surface area (Å²) in [6.07, 6.45) is 20.3. The molecule has 13 heteroatoms. The van der Waals surface area contributed by atoms with Crippen molar-refractivity contribution in [2.24, 2.45) is 44.8 Å². The van der Waals surface area contributed by atoms with Crippen LogP contribution in [0.1, 0.15) is 323 Å². The number of benzene rings is 3. The van der Waals surface area contributed by atoms with Crippen LogP contribution in [0.3, 0.4) is 0 Å². The number of ether oxygens (including phenoxy) is 5. The van der Waals surface area contributed by atoms with E-state index in [1.807, 2.05) is 119 Å². The molecule has 3 aromatic rings. The van der Waals surface area contributed by atoms with Gasteiger partial charge in [-0.15, -0.1) is 0 Å². The van der Waals surface area contributed by atoms with E-state index in [0.29, 0.717) is 54.5 Å². The normalized spacial score (nSPS) is 21.2. The fourth-order valence-electron chi connectivity index (χ4n) is 12.1. The topological polar surface area (TPSA) is 192 Å². The zero-order valence-corrected chi connectivity index (χ0v) is 64.0. The number of cyclic esters (lactones) is 1. The van der Waals surface area contributed by atoms with Crippen molar-refractivity contribution in [3.05, 3.63) is 89.5 Å². The lowest BCUT2D eigenvalue weighted by Gasteiger charge is -2.61. The molecule has 13 nitrogen and oxygen atoms in total. The second-order valence-electron chi connectivity index (χ2n) is 32.5. The van der Waals surface area contributed by atoms with Crippen molar-refractivity contribution in [3.63, 3.8) is 0 Å². The number of hydrogen-bond acceptors (Lipinski definition) is 13. The highest BCUT2D eigenvalue weighted by Crippen LogP contribution is 2.64. The van der Waals surface area contributed by atoms with E-state index >= 15 is 0 Å². The molecule has 0 aromatic heterocycles. The number of carbonyl (C=O) groups is 5. The Hall–Kier alpha value is -5.59. The fourth-order valence-corrected chi connectivity index (χ4v) is 12.1. The van der Waals surface area contributed by atoms with Crippen LogP contribution in [0.5, 0.6) is 17.2 Å². The Morgan fingerprint density at radius 2 is 0.800 bits per heavy atom. The first-order valence-corrected chi connectivity index (χ1v) is 36.4. The maximum Gasteiger partial charge on any atom is 0.347 e. The monoisotopic (exact) mass is 1330 g/mol. The lowest BCUT2D eigenvalue weighted by molar-refractivity contribution is -0.206. The molecule has 6 aliphatic rings. The zero-order chi connectivity index (χ0) is 72.6. The molecule has 9 rings (SSSR count). The van der Waals surface area contributed by atoms with Gasteiger partial charge >= 0.3 is 29.8 Å². The van der Waals surface area contributed by atoms with Gasteiger partial charge in [0.05, 0.1) is 28.3 Å². The third kappa shape index (κ3) is 28.0. The minimum absolute atomic E-state index is 0.00857. The van der Waals surface area contributed by atoms with Crippen molar-refractivity contribution >= 4 is 29.8 Å². The Morgan fingerprint density at radius 1 is 0.484 bits per heavy atom. The average molecular weight is 1330 g/mol. The number of esters is 5. The van der Waals surface area contributed by atoms with Crippen LogP contribution in [0.15, 0.2) is 72.8 Å². The molecular formula is C82H134O13. The van der Waals surface area contributed by atoms with Gasteiger partial charge < -0.3 is 39.0 Å². The van der Waals surface area contributed by atoms with Crippen LogP contribution < -0.4 is 0 Å². The molecule has 1 heterocycles. The molecule has 0 spiro atoms. The van der Waals surface area contributed by atoms with Crippen molar-refractivity contribution in [1.82, 2.24) is 0 Å². The number of rotatable bonds is 18. The molecule has 1 saturated heterocycles. The maximum atomic E-state index is 12.6. The van der Waals surface area contributed by atoms with Crippen LogP contribution in [0.2, 0.25) is 0 Å². The molecule has 4 bridgehead atoms.